The highest BCUT2D eigenvalue weighted by atomic mass is 32.2. The number of carbonyl (C=O) groups excluding carboxylic acids is 1. The summed E-state index contributed by atoms with van der Waals surface area (Å²) < 4.78 is 57.0. The third-order valence-corrected chi connectivity index (χ3v) is 8.07. The van der Waals surface area contributed by atoms with Gasteiger partial charge in [0.15, 0.2) is 0 Å². The van der Waals surface area contributed by atoms with Crippen molar-refractivity contribution in [3.05, 3.63) is 51.5 Å². The summed E-state index contributed by atoms with van der Waals surface area (Å²) in [4.78, 5) is 13.9. The fraction of sp³-hybridized carbons (Fsp3) is 0.522. The quantitative estimate of drug-likeness (QED) is 0.663. The van der Waals surface area contributed by atoms with Crippen LogP contribution in [0.5, 0.6) is 0 Å². The van der Waals surface area contributed by atoms with Gasteiger partial charge >= 0.3 is 12.2 Å². The number of hydrogen-bond acceptors (Lipinski definition) is 3. The van der Waals surface area contributed by atoms with Crippen LogP contribution in [0.15, 0.2) is 33.6 Å². The van der Waals surface area contributed by atoms with Crippen LogP contribution in [0.1, 0.15) is 41.5 Å². The number of nitrogens with zero attached hydrogens (tertiary/aromatic N) is 2. The van der Waals surface area contributed by atoms with Gasteiger partial charge in [-0.15, -0.1) is 4.36 Å². The predicted octanol–water partition coefficient (Wildman–Crippen LogP) is 4.49. The second kappa shape index (κ2) is 8.88. The Kier molecular flexibility index (Phi) is 6.45. The highest BCUT2D eigenvalue weighted by molar-refractivity contribution is 7.95. The Morgan fingerprint density at radius 2 is 1.79 bits per heavy atom. The summed E-state index contributed by atoms with van der Waals surface area (Å²) in [7, 11) is -0.855. The van der Waals surface area contributed by atoms with Crippen molar-refractivity contribution < 1.29 is 22.2 Å². The molecule has 0 bridgehead atoms. The molecular formula is C23H29F3N4O2S. The van der Waals surface area contributed by atoms with Gasteiger partial charge in [0.25, 0.3) is 0 Å². The summed E-state index contributed by atoms with van der Waals surface area (Å²) in [6, 6.07) is -0.239. The Morgan fingerprint density at radius 1 is 1.18 bits per heavy atom. The van der Waals surface area contributed by atoms with Crippen molar-refractivity contribution in [1.29, 1.82) is 0 Å². The molecule has 4 rings (SSSR count). The van der Waals surface area contributed by atoms with Crippen LogP contribution in [0.3, 0.4) is 0 Å². The van der Waals surface area contributed by atoms with E-state index in [2.05, 4.69) is 15.7 Å². The van der Waals surface area contributed by atoms with E-state index in [1.165, 1.54) is 43.5 Å². The van der Waals surface area contributed by atoms with E-state index < -0.39 is 34.1 Å². The molecule has 3 N–H and O–H groups in total. The van der Waals surface area contributed by atoms with Crippen molar-refractivity contribution in [2.75, 3.05) is 19.4 Å². The zero-order valence-corrected chi connectivity index (χ0v) is 19.6. The summed E-state index contributed by atoms with van der Waals surface area (Å²) >= 11 is 0. The van der Waals surface area contributed by atoms with Crippen molar-refractivity contribution in [2.24, 2.45) is 15.4 Å². The van der Waals surface area contributed by atoms with Gasteiger partial charge < -0.3 is 5.32 Å². The number of allylic oxidation sites excluding steroid dienone is 2. The molecule has 0 aliphatic heterocycles. The second-order valence-electron chi connectivity index (χ2n) is 9.14. The standard InChI is InChI=1S/C23H29F3N4O2S/c1-30(2)21(23(24,25)26)14-9-11-17(12-10-14)33(27,32)29-22(31)28-20-18-7-3-5-15(18)13-16-6-4-8-19(16)20/h9,11-14,21H,3-8,10H2,1-2H3,(H3,27,28,29,31,32). The summed E-state index contributed by atoms with van der Waals surface area (Å²) in [6.07, 6.45) is 5.38. The maximum absolute atomic E-state index is 13.4. The lowest BCUT2D eigenvalue weighted by atomic mass is 9.91. The monoisotopic (exact) mass is 482 g/mol. The van der Waals surface area contributed by atoms with Gasteiger partial charge in [0.05, 0.1) is 4.91 Å². The number of benzene rings is 1. The maximum Gasteiger partial charge on any atom is 0.404 e. The molecule has 1 aromatic carbocycles. The molecule has 33 heavy (non-hydrogen) atoms. The van der Waals surface area contributed by atoms with Crippen LogP contribution in [0.25, 0.3) is 0 Å². The van der Waals surface area contributed by atoms with Gasteiger partial charge in [0, 0.05) is 11.6 Å². The number of nitrogens with one attached hydrogen (secondary N) is 1. The third kappa shape index (κ3) is 4.88. The minimum atomic E-state index is -4.41. The van der Waals surface area contributed by atoms with E-state index in [0.29, 0.717) is 0 Å². The van der Waals surface area contributed by atoms with Crippen molar-refractivity contribution in [1.82, 2.24) is 4.90 Å². The van der Waals surface area contributed by atoms with Gasteiger partial charge in [0.1, 0.15) is 16.0 Å². The van der Waals surface area contributed by atoms with Crippen LogP contribution in [-0.2, 0) is 35.6 Å². The molecule has 1 aromatic rings. The first kappa shape index (κ1) is 24.0. The first-order valence-corrected chi connectivity index (χ1v) is 12.7. The number of hydrogen-bond donors (Lipinski definition) is 2. The molecule has 0 heterocycles. The summed E-state index contributed by atoms with van der Waals surface area (Å²) in [6.45, 7) is 0. The first-order chi connectivity index (χ1) is 15.5. The van der Waals surface area contributed by atoms with Crippen LogP contribution in [-0.4, -0.2) is 41.5 Å². The van der Waals surface area contributed by atoms with E-state index in [1.54, 1.807) is 0 Å². The SMILES string of the molecule is CN(C)C(C1C=CC(S(N)(=O)=NC(=O)Nc2c3c(cc4c2CCC4)CCC3)=CC1)C(F)(F)F. The number of aryl methyl sites for hydroxylation is 2. The molecule has 0 radical (unpaired) electrons. The molecule has 0 aromatic heterocycles. The Balaban J connectivity index is 1.54. The average Bonchev–Trinajstić information content (AvgIpc) is 3.35. The number of nitrogens with two attached hydrogens (primary N) is 1. The molecule has 0 saturated heterocycles. The Bertz CT molecular complexity index is 1120. The van der Waals surface area contributed by atoms with Gasteiger partial charge in [-0.05, 0) is 87.4 Å². The number of amides is 2. The second-order valence-corrected chi connectivity index (χ2v) is 10.9. The molecule has 10 heteroatoms. The van der Waals surface area contributed by atoms with E-state index in [0.717, 1.165) is 60.2 Å². The van der Waals surface area contributed by atoms with Crippen LogP contribution in [0.4, 0.5) is 23.7 Å². The molecule has 3 atom stereocenters. The van der Waals surface area contributed by atoms with Crippen LogP contribution in [0.2, 0.25) is 0 Å². The molecule has 0 saturated carbocycles. The minimum Gasteiger partial charge on any atom is -0.305 e. The molecular weight excluding hydrogens is 453 g/mol. The van der Waals surface area contributed by atoms with E-state index in [4.69, 9.17) is 5.14 Å². The first-order valence-electron chi connectivity index (χ1n) is 11.1. The van der Waals surface area contributed by atoms with Gasteiger partial charge in [0.2, 0.25) is 0 Å². The highest BCUT2D eigenvalue weighted by Crippen LogP contribution is 2.39. The normalized spacial score (nSPS) is 22.4. The number of alkyl halides is 3. The lowest BCUT2D eigenvalue weighted by molar-refractivity contribution is -0.186. The van der Waals surface area contributed by atoms with Crippen LogP contribution < -0.4 is 10.5 Å². The summed E-state index contributed by atoms with van der Waals surface area (Å²) in [5.74, 6) is -0.845. The molecule has 180 valence electrons. The predicted molar refractivity (Wildman–Crippen MR) is 123 cm³/mol. The number of anilines is 1. The number of halogens is 3. The topological polar surface area (TPSA) is 87.8 Å². The molecule has 0 fully saturated rings. The summed E-state index contributed by atoms with van der Waals surface area (Å²) in [5.41, 5.74) is 5.48. The zero-order chi connectivity index (χ0) is 24.0. The van der Waals surface area contributed by atoms with Crippen LogP contribution in [0, 0.1) is 5.92 Å². The zero-order valence-electron chi connectivity index (χ0n) is 18.7. The molecule has 3 aliphatic rings. The van der Waals surface area contributed by atoms with E-state index in [9.17, 15) is 22.2 Å². The number of fused-ring (bicyclic) bond motifs is 2. The van der Waals surface area contributed by atoms with Gasteiger partial charge in [-0.2, -0.15) is 13.2 Å². The summed E-state index contributed by atoms with van der Waals surface area (Å²) in [5, 5.41) is 8.72. The smallest absolute Gasteiger partial charge is 0.305 e. The van der Waals surface area contributed by atoms with Crippen LogP contribution >= 0.6 is 0 Å². The Labute approximate surface area is 192 Å². The van der Waals surface area contributed by atoms with E-state index in [1.807, 2.05) is 0 Å². The maximum atomic E-state index is 13.4. The fourth-order valence-electron chi connectivity index (χ4n) is 5.26. The average molecular weight is 483 g/mol. The molecule has 2 amide bonds. The molecule has 6 nitrogen and oxygen atoms in total. The van der Waals surface area contributed by atoms with Gasteiger partial charge in [-0.3, -0.25) is 4.90 Å². The van der Waals surface area contributed by atoms with Crippen molar-refractivity contribution in [2.45, 2.75) is 57.2 Å². The van der Waals surface area contributed by atoms with Crippen molar-refractivity contribution in [3.8, 4) is 0 Å². The van der Waals surface area contributed by atoms with E-state index >= 15 is 0 Å². The number of urea groups is 1. The molecule has 0 spiro atoms. The molecule has 3 aliphatic carbocycles. The number of carbonyl (C=O) groups is 1. The van der Waals surface area contributed by atoms with Crippen molar-refractivity contribution >= 4 is 21.6 Å². The molecule has 3 unspecified atom stereocenters. The van der Waals surface area contributed by atoms with E-state index in [-0.39, 0.29) is 11.3 Å². The van der Waals surface area contributed by atoms with Gasteiger partial charge in [-0.1, -0.05) is 18.2 Å². The van der Waals surface area contributed by atoms with Gasteiger partial charge in [-0.25, -0.2) is 14.1 Å². The lowest BCUT2D eigenvalue weighted by Gasteiger charge is -2.33. The third-order valence-electron chi connectivity index (χ3n) is 6.66. The van der Waals surface area contributed by atoms with Crippen molar-refractivity contribution in [3.63, 3.8) is 0 Å². The highest BCUT2D eigenvalue weighted by Gasteiger charge is 2.45. The minimum absolute atomic E-state index is 0.000773. The fourth-order valence-corrected chi connectivity index (χ4v) is 6.27. The Morgan fingerprint density at radius 3 is 2.27 bits per heavy atom. The Hall–Kier alpha value is -2.17. The number of rotatable bonds is 4. The lowest BCUT2D eigenvalue weighted by Crippen LogP contribution is -2.46. The largest absolute Gasteiger partial charge is 0.404 e.